The lowest BCUT2D eigenvalue weighted by molar-refractivity contribution is -0.148. The first kappa shape index (κ1) is 24.4. The van der Waals surface area contributed by atoms with Crippen LogP contribution in [0.4, 0.5) is 0 Å². The maximum absolute atomic E-state index is 11.5. The minimum atomic E-state index is -0.0850. The molecule has 0 radical (unpaired) electrons. The molecule has 0 aromatic carbocycles. The highest BCUT2D eigenvalue weighted by atomic mass is 16.5. The fourth-order valence-corrected chi connectivity index (χ4v) is 3.03. The summed E-state index contributed by atoms with van der Waals surface area (Å²) >= 11 is 0. The van der Waals surface area contributed by atoms with E-state index in [1.54, 1.807) is 0 Å². The molecule has 2 unspecified atom stereocenters. The number of unbranched alkanes of at least 4 members (excludes halogenated alkanes) is 10. The highest BCUT2D eigenvalue weighted by Gasteiger charge is 2.07. The molecule has 0 aliphatic heterocycles. The zero-order valence-electron chi connectivity index (χ0n) is 17.2. The highest BCUT2D eigenvalue weighted by Crippen LogP contribution is 2.14. The number of hydrogen-bond donors (Lipinski definition) is 1. The van der Waals surface area contributed by atoms with Crippen molar-refractivity contribution >= 4 is 5.97 Å². The normalized spacial score (nSPS) is 13.6. The van der Waals surface area contributed by atoms with Crippen molar-refractivity contribution in [1.29, 1.82) is 0 Å². The largest absolute Gasteiger partial charge is 0.463 e. The van der Waals surface area contributed by atoms with E-state index in [-0.39, 0.29) is 18.2 Å². The number of hydrogen-bond acceptors (Lipinski definition) is 3. The SMILES string of the molecule is CCCCCCCC(O)CCCCCCCCCC(=O)OC(C)CC. The minimum absolute atomic E-state index is 0.0435. The lowest BCUT2D eigenvalue weighted by Gasteiger charge is -2.10. The average molecular weight is 357 g/mol. The van der Waals surface area contributed by atoms with Crippen LogP contribution in [0.2, 0.25) is 0 Å². The van der Waals surface area contributed by atoms with Gasteiger partial charge in [-0.05, 0) is 32.6 Å². The fraction of sp³-hybridized carbons (Fsp3) is 0.955. The molecule has 0 saturated heterocycles. The first-order chi connectivity index (χ1) is 12.1. The Morgan fingerprint density at radius 3 is 1.80 bits per heavy atom. The van der Waals surface area contributed by atoms with Crippen molar-refractivity contribution in [2.24, 2.45) is 0 Å². The van der Waals surface area contributed by atoms with Crippen LogP contribution in [0.3, 0.4) is 0 Å². The van der Waals surface area contributed by atoms with Crippen molar-refractivity contribution in [2.75, 3.05) is 0 Å². The van der Waals surface area contributed by atoms with Gasteiger partial charge in [0.15, 0.2) is 0 Å². The molecule has 3 heteroatoms. The summed E-state index contributed by atoms with van der Waals surface area (Å²) < 4.78 is 5.27. The molecule has 0 aliphatic carbocycles. The van der Waals surface area contributed by atoms with E-state index >= 15 is 0 Å². The van der Waals surface area contributed by atoms with Crippen molar-refractivity contribution in [3.05, 3.63) is 0 Å². The van der Waals surface area contributed by atoms with E-state index in [9.17, 15) is 9.90 Å². The summed E-state index contributed by atoms with van der Waals surface area (Å²) in [6.07, 6.45) is 17.9. The summed E-state index contributed by atoms with van der Waals surface area (Å²) in [5.41, 5.74) is 0. The van der Waals surface area contributed by atoms with Crippen LogP contribution in [0.25, 0.3) is 0 Å². The molecule has 0 rings (SSSR count). The van der Waals surface area contributed by atoms with E-state index in [0.717, 1.165) is 38.5 Å². The van der Waals surface area contributed by atoms with Crippen molar-refractivity contribution < 1.29 is 14.6 Å². The van der Waals surface area contributed by atoms with Gasteiger partial charge in [-0.3, -0.25) is 4.79 Å². The number of carbonyl (C=O) groups excluding carboxylic acids is 1. The fourth-order valence-electron chi connectivity index (χ4n) is 3.03. The molecule has 0 heterocycles. The van der Waals surface area contributed by atoms with Crippen LogP contribution in [-0.2, 0) is 9.53 Å². The van der Waals surface area contributed by atoms with Gasteiger partial charge in [-0.15, -0.1) is 0 Å². The van der Waals surface area contributed by atoms with E-state index in [4.69, 9.17) is 4.74 Å². The van der Waals surface area contributed by atoms with Crippen molar-refractivity contribution in [3.63, 3.8) is 0 Å². The molecule has 1 N–H and O–H groups in total. The number of esters is 1. The molecule has 0 aromatic heterocycles. The Morgan fingerprint density at radius 1 is 0.800 bits per heavy atom. The quantitative estimate of drug-likeness (QED) is 0.223. The molecule has 0 bridgehead atoms. The maximum Gasteiger partial charge on any atom is 0.306 e. The van der Waals surface area contributed by atoms with Gasteiger partial charge in [0.2, 0.25) is 0 Å². The van der Waals surface area contributed by atoms with Crippen molar-refractivity contribution in [3.8, 4) is 0 Å². The molecule has 0 aliphatic rings. The lowest BCUT2D eigenvalue weighted by atomic mass is 10.0. The maximum atomic E-state index is 11.5. The summed E-state index contributed by atoms with van der Waals surface area (Å²) in [4.78, 5) is 11.5. The van der Waals surface area contributed by atoms with Crippen LogP contribution in [0, 0.1) is 0 Å². The average Bonchev–Trinajstić information content (AvgIpc) is 2.59. The Hall–Kier alpha value is -0.570. The summed E-state index contributed by atoms with van der Waals surface area (Å²) in [6, 6.07) is 0. The molecule has 0 amide bonds. The Morgan fingerprint density at radius 2 is 1.28 bits per heavy atom. The van der Waals surface area contributed by atoms with E-state index < -0.39 is 0 Å². The lowest BCUT2D eigenvalue weighted by Crippen LogP contribution is -2.13. The van der Waals surface area contributed by atoms with Crippen LogP contribution in [-0.4, -0.2) is 23.3 Å². The molecule has 0 spiro atoms. The van der Waals surface area contributed by atoms with Crippen LogP contribution >= 0.6 is 0 Å². The monoisotopic (exact) mass is 356 g/mol. The minimum Gasteiger partial charge on any atom is -0.463 e. The molecule has 3 nitrogen and oxygen atoms in total. The second-order valence-electron chi connectivity index (χ2n) is 7.58. The molecule has 150 valence electrons. The van der Waals surface area contributed by atoms with E-state index in [1.807, 2.05) is 13.8 Å². The summed E-state index contributed by atoms with van der Waals surface area (Å²) in [5, 5.41) is 9.97. The van der Waals surface area contributed by atoms with E-state index in [1.165, 1.54) is 57.8 Å². The van der Waals surface area contributed by atoms with Crippen molar-refractivity contribution in [2.45, 2.75) is 136 Å². The Labute approximate surface area is 156 Å². The van der Waals surface area contributed by atoms with Gasteiger partial charge < -0.3 is 9.84 Å². The van der Waals surface area contributed by atoms with Gasteiger partial charge in [-0.1, -0.05) is 84.5 Å². The van der Waals surface area contributed by atoms with Gasteiger partial charge in [-0.25, -0.2) is 0 Å². The molecule has 2 atom stereocenters. The van der Waals surface area contributed by atoms with Crippen LogP contribution < -0.4 is 0 Å². The molecule has 0 saturated carbocycles. The highest BCUT2D eigenvalue weighted by molar-refractivity contribution is 5.69. The van der Waals surface area contributed by atoms with Crippen LogP contribution in [0.5, 0.6) is 0 Å². The standard InChI is InChI=1S/C22H44O3/c1-4-6-7-11-14-17-21(23)18-15-12-9-8-10-13-16-19-22(24)25-20(3)5-2/h20-21,23H,4-19H2,1-3H3. The first-order valence-electron chi connectivity index (χ1n) is 11.0. The molecule has 0 fully saturated rings. The second-order valence-corrected chi connectivity index (χ2v) is 7.58. The third-order valence-corrected chi connectivity index (χ3v) is 4.97. The molecular weight excluding hydrogens is 312 g/mol. The van der Waals surface area contributed by atoms with Crippen LogP contribution in [0.1, 0.15) is 124 Å². The number of ether oxygens (including phenoxy) is 1. The van der Waals surface area contributed by atoms with Crippen LogP contribution in [0.15, 0.2) is 0 Å². The van der Waals surface area contributed by atoms with Gasteiger partial charge in [-0.2, -0.15) is 0 Å². The van der Waals surface area contributed by atoms with Gasteiger partial charge in [0, 0.05) is 6.42 Å². The Bertz CT molecular complexity index is 291. The van der Waals surface area contributed by atoms with Gasteiger partial charge in [0.05, 0.1) is 12.2 Å². The summed E-state index contributed by atoms with van der Waals surface area (Å²) in [5.74, 6) is -0.0435. The van der Waals surface area contributed by atoms with Gasteiger partial charge >= 0.3 is 5.97 Å². The smallest absolute Gasteiger partial charge is 0.306 e. The third-order valence-electron chi connectivity index (χ3n) is 4.97. The molecule has 0 aromatic rings. The zero-order chi connectivity index (χ0) is 18.8. The summed E-state index contributed by atoms with van der Waals surface area (Å²) in [6.45, 7) is 6.21. The topological polar surface area (TPSA) is 46.5 Å². The predicted octanol–water partition coefficient (Wildman–Crippen LogP) is 6.56. The Balaban J connectivity index is 3.26. The number of aliphatic hydroxyl groups excluding tert-OH is 1. The Kier molecular flexibility index (Phi) is 17.8. The molecule has 25 heavy (non-hydrogen) atoms. The van der Waals surface area contributed by atoms with Crippen molar-refractivity contribution in [1.82, 2.24) is 0 Å². The number of carbonyl (C=O) groups is 1. The van der Waals surface area contributed by atoms with Gasteiger partial charge in [0.1, 0.15) is 0 Å². The van der Waals surface area contributed by atoms with E-state index in [0.29, 0.717) is 6.42 Å². The molecular formula is C22H44O3. The zero-order valence-corrected chi connectivity index (χ0v) is 17.2. The first-order valence-corrected chi connectivity index (χ1v) is 11.0. The predicted molar refractivity (Wildman–Crippen MR) is 107 cm³/mol. The number of rotatable bonds is 18. The summed E-state index contributed by atoms with van der Waals surface area (Å²) in [7, 11) is 0. The van der Waals surface area contributed by atoms with Gasteiger partial charge in [0.25, 0.3) is 0 Å². The third kappa shape index (κ3) is 18.0. The second kappa shape index (κ2) is 18.2. The van der Waals surface area contributed by atoms with E-state index in [2.05, 4.69) is 6.92 Å². The number of aliphatic hydroxyl groups is 1.